The van der Waals surface area contributed by atoms with E-state index in [0.717, 1.165) is 11.1 Å². The van der Waals surface area contributed by atoms with Crippen molar-refractivity contribution in [2.24, 2.45) is 0 Å². The summed E-state index contributed by atoms with van der Waals surface area (Å²) >= 11 is 0. The minimum Gasteiger partial charge on any atom is -0.392 e. The lowest BCUT2D eigenvalue weighted by atomic mass is 10.1. The van der Waals surface area contributed by atoms with Crippen molar-refractivity contribution in [1.82, 2.24) is 5.32 Å². The number of aliphatic hydroxyl groups excluding tert-OH is 1. The van der Waals surface area contributed by atoms with E-state index < -0.39 is 9.84 Å². The van der Waals surface area contributed by atoms with Crippen molar-refractivity contribution in [3.63, 3.8) is 0 Å². The second kappa shape index (κ2) is 5.98. The first-order valence-electron chi connectivity index (χ1n) is 5.08. The highest BCUT2D eigenvalue weighted by Crippen LogP contribution is 2.03. The molecule has 90 valence electrons. The molecule has 0 aliphatic carbocycles. The summed E-state index contributed by atoms with van der Waals surface area (Å²) in [6.45, 7) is 1.14. The maximum Gasteiger partial charge on any atom is 0.148 e. The molecule has 0 aliphatic rings. The smallest absolute Gasteiger partial charge is 0.148 e. The van der Waals surface area contributed by atoms with Gasteiger partial charge in [0.15, 0.2) is 0 Å². The summed E-state index contributed by atoms with van der Waals surface area (Å²) in [5, 5.41) is 11.9. The van der Waals surface area contributed by atoms with E-state index in [9.17, 15) is 8.42 Å². The zero-order chi connectivity index (χ0) is 12.0. The molecule has 0 atom stereocenters. The molecule has 5 heteroatoms. The Morgan fingerprint density at radius 3 is 2.25 bits per heavy atom. The third-order valence-electron chi connectivity index (χ3n) is 2.18. The van der Waals surface area contributed by atoms with Gasteiger partial charge in [-0.25, -0.2) is 8.42 Å². The lowest BCUT2D eigenvalue weighted by Gasteiger charge is -2.04. The van der Waals surface area contributed by atoms with E-state index >= 15 is 0 Å². The first kappa shape index (κ1) is 13.2. The molecule has 0 aromatic heterocycles. The van der Waals surface area contributed by atoms with Gasteiger partial charge in [0.25, 0.3) is 0 Å². The highest BCUT2D eigenvalue weighted by molar-refractivity contribution is 7.90. The summed E-state index contributed by atoms with van der Waals surface area (Å²) < 4.78 is 21.7. The summed E-state index contributed by atoms with van der Waals surface area (Å²) in [7, 11) is -2.88. The number of benzene rings is 1. The quantitative estimate of drug-likeness (QED) is 0.706. The summed E-state index contributed by atoms with van der Waals surface area (Å²) in [5.74, 6) is 0.154. The Kier molecular flexibility index (Phi) is 4.92. The molecule has 0 fully saturated rings. The molecular weight excluding hydrogens is 226 g/mol. The van der Waals surface area contributed by atoms with E-state index in [4.69, 9.17) is 5.11 Å². The van der Waals surface area contributed by atoms with Crippen LogP contribution in [0, 0.1) is 0 Å². The van der Waals surface area contributed by atoms with Crippen LogP contribution in [0.4, 0.5) is 0 Å². The number of aliphatic hydroxyl groups is 1. The molecule has 4 nitrogen and oxygen atoms in total. The molecule has 0 saturated heterocycles. The van der Waals surface area contributed by atoms with Gasteiger partial charge in [-0.15, -0.1) is 0 Å². The van der Waals surface area contributed by atoms with Crippen molar-refractivity contribution in [3.8, 4) is 0 Å². The maximum atomic E-state index is 10.9. The van der Waals surface area contributed by atoms with Gasteiger partial charge in [-0.2, -0.15) is 0 Å². The lowest BCUT2D eigenvalue weighted by Crippen LogP contribution is -2.21. The van der Waals surface area contributed by atoms with Gasteiger partial charge < -0.3 is 10.4 Å². The summed E-state index contributed by atoms with van der Waals surface area (Å²) in [6, 6.07) is 7.54. The van der Waals surface area contributed by atoms with Crippen molar-refractivity contribution in [3.05, 3.63) is 35.4 Å². The Hall–Kier alpha value is -0.910. The fraction of sp³-hybridized carbons (Fsp3) is 0.455. The van der Waals surface area contributed by atoms with Crippen LogP contribution in [-0.2, 0) is 23.0 Å². The largest absolute Gasteiger partial charge is 0.392 e. The summed E-state index contributed by atoms with van der Waals surface area (Å²) in [4.78, 5) is 0. The van der Waals surface area contributed by atoms with Crippen LogP contribution in [0.1, 0.15) is 11.1 Å². The Morgan fingerprint density at radius 2 is 1.75 bits per heavy atom. The zero-order valence-corrected chi connectivity index (χ0v) is 10.1. The molecule has 0 saturated carbocycles. The van der Waals surface area contributed by atoms with Crippen LogP contribution in [0.15, 0.2) is 24.3 Å². The molecule has 0 amide bonds. The van der Waals surface area contributed by atoms with Crippen molar-refractivity contribution >= 4 is 9.84 Å². The van der Waals surface area contributed by atoms with Crippen molar-refractivity contribution in [1.29, 1.82) is 0 Å². The van der Waals surface area contributed by atoms with E-state index in [0.29, 0.717) is 13.1 Å². The van der Waals surface area contributed by atoms with Gasteiger partial charge in [0.05, 0.1) is 12.4 Å². The number of hydrogen-bond donors (Lipinski definition) is 2. The third kappa shape index (κ3) is 5.25. The van der Waals surface area contributed by atoms with Crippen LogP contribution < -0.4 is 5.32 Å². The Morgan fingerprint density at radius 1 is 1.19 bits per heavy atom. The molecular formula is C11H17NO3S. The van der Waals surface area contributed by atoms with Crippen molar-refractivity contribution in [2.75, 3.05) is 18.6 Å². The van der Waals surface area contributed by atoms with E-state index in [1.165, 1.54) is 6.26 Å². The second-order valence-corrected chi connectivity index (χ2v) is 6.04. The van der Waals surface area contributed by atoms with Crippen LogP contribution in [0.5, 0.6) is 0 Å². The topological polar surface area (TPSA) is 66.4 Å². The molecule has 0 aliphatic heterocycles. The minimum atomic E-state index is -2.88. The van der Waals surface area contributed by atoms with Gasteiger partial charge in [-0.3, -0.25) is 0 Å². The van der Waals surface area contributed by atoms with Gasteiger partial charge in [0, 0.05) is 19.3 Å². The molecule has 0 bridgehead atoms. The monoisotopic (exact) mass is 243 g/mol. The van der Waals surface area contributed by atoms with Crippen molar-refractivity contribution < 1.29 is 13.5 Å². The molecule has 2 N–H and O–H groups in total. The average molecular weight is 243 g/mol. The van der Waals surface area contributed by atoms with E-state index in [-0.39, 0.29) is 12.4 Å². The second-order valence-electron chi connectivity index (χ2n) is 3.78. The standard InChI is InChI=1S/C11H17NO3S/c1-16(14,15)7-6-12-8-10-2-4-11(9-13)5-3-10/h2-5,12-13H,6-9H2,1H3. The normalized spacial score (nSPS) is 11.6. The van der Waals surface area contributed by atoms with Crippen LogP contribution in [0.2, 0.25) is 0 Å². The predicted molar refractivity (Wildman–Crippen MR) is 63.8 cm³/mol. The first-order valence-corrected chi connectivity index (χ1v) is 7.14. The van der Waals surface area contributed by atoms with E-state index in [2.05, 4.69) is 5.32 Å². The van der Waals surface area contributed by atoms with Crippen LogP contribution in [0.3, 0.4) is 0 Å². The summed E-state index contributed by atoms with van der Waals surface area (Å²) in [5.41, 5.74) is 1.95. The van der Waals surface area contributed by atoms with Crippen LogP contribution >= 0.6 is 0 Å². The minimum absolute atomic E-state index is 0.0434. The fourth-order valence-corrected chi connectivity index (χ4v) is 1.77. The van der Waals surface area contributed by atoms with Gasteiger partial charge in [0.1, 0.15) is 9.84 Å². The molecule has 0 heterocycles. The molecule has 1 aromatic rings. The molecule has 16 heavy (non-hydrogen) atoms. The Labute approximate surface area is 96.2 Å². The Balaban J connectivity index is 2.32. The highest BCUT2D eigenvalue weighted by Gasteiger charge is 2.00. The first-order chi connectivity index (χ1) is 7.51. The highest BCUT2D eigenvalue weighted by atomic mass is 32.2. The third-order valence-corrected chi connectivity index (χ3v) is 3.13. The van der Waals surface area contributed by atoms with Crippen LogP contribution in [0.25, 0.3) is 0 Å². The maximum absolute atomic E-state index is 10.9. The van der Waals surface area contributed by atoms with Gasteiger partial charge >= 0.3 is 0 Å². The number of rotatable bonds is 6. The number of nitrogens with one attached hydrogen (secondary N) is 1. The van der Waals surface area contributed by atoms with Crippen molar-refractivity contribution in [2.45, 2.75) is 13.2 Å². The molecule has 1 rings (SSSR count). The summed E-state index contributed by atoms with van der Waals surface area (Å²) in [6.07, 6.45) is 1.23. The molecule has 1 aromatic carbocycles. The average Bonchev–Trinajstić information content (AvgIpc) is 2.24. The lowest BCUT2D eigenvalue weighted by molar-refractivity contribution is 0.282. The SMILES string of the molecule is CS(=O)(=O)CCNCc1ccc(CO)cc1. The van der Waals surface area contributed by atoms with Crippen LogP contribution in [-0.4, -0.2) is 32.1 Å². The van der Waals surface area contributed by atoms with Gasteiger partial charge in [0.2, 0.25) is 0 Å². The molecule has 0 spiro atoms. The number of hydrogen-bond acceptors (Lipinski definition) is 4. The fourth-order valence-electron chi connectivity index (χ4n) is 1.25. The molecule has 0 unspecified atom stereocenters. The van der Waals surface area contributed by atoms with Gasteiger partial charge in [-0.05, 0) is 11.1 Å². The zero-order valence-electron chi connectivity index (χ0n) is 9.31. The number of sulfone groups is 1. The molecule has 0 radical (unpaired) electrons. The van der Waals surface area contributed by atoms with E-state index in [1.807, 2.05) is 24.3 Å². The Bertz CT molecular complexity index is 411. The van der Waals surface area contributed by atoms with E-state index in [1.54, 1.807) is 0 Å². The van der Waals surface area contributed by atoms with Gasteiger partial charge in [-0.1, -0.05) is 24.3 Å². The predicted octanol–water partition coefficient (Wildman–Crippen LogP) is 0.313.